The summed E-state index contributed by atoms with van der Waals surface area (Å²) in [5, 5.41) is 3.05. The summed E-state index contributed by atoms with van der Waals surface area (Å²) >= 11 is 0. The number of para-hydroxylation sites is 1. The van der Waals surface area contributed by atoms with Gasteiger partial charge in [-0.3, -0.25) is 14.5 Å². The SMILES string of the molecule is O=C(Nc1ccccc1CN1CCOCC1)c1cccc(N2CCCC2=O)c1. The molecule has 4 rings (SSSR count). The van der Waals surface area contributed by atoms with Gasteiger partial charge in [0, 0.05) is 49.5 Å². The van der Waals surface area contributed by atoms with E-state index in [1.165, 1.54) is 0 Å². The van der Waals surface area contributed by atoms with Gasteiger partial charge >= 0.3 is 0 Å². The molecule has 2 fully saturated rings. The van der Waals surface area contributed by atoms with Crippen molar-refractivity contribution in [3.8, 4) is 0 Å². The molecule has 0 aliphatic carbocycles. The molecule has 1 N–H and O–H groups in total. The molecule has 2 aliphatic rings. The molecule has 0 unspecified atom stereocenters. The Morgan fingerprint density at radius 3 is 2.64 bits per heavy atom. The second-order valence-corrected chi connectivity index (χ2v) is 7.20. The van der Waals surface area contributed by atoms with Crippen molar-refractivity contribution in [1.29, 1.82) is 0 Å². The van der Waals surface area contributed by atoms with Gasteiger partial charge in [-0.25, -0.2) is 0 Å². The van der Waals surface area contributed by atoms with Gasteiger partial charge in [0.25, 0.3) is 5.91 Å². The first-order valence-electron chi connectivity index (χ1n) is 9.80. The minimum atomic E-state index is -0.164. The van der Waals surface area contributed by atoms with Crippen molar-refractivity contribution in [2.45, 2.75) is 19.4 Å². The number of amides is 2. The van der Waals surface area contributed by atoms with E-state index in [1.807, 2.05) is 36.4 Å². The highest BCUT2D eigenvalue weighted by Gasteiger charge is 2.22. The first-order valence-corrected chi connectivity index (χ1v) is 9.80. The third-order valence-corrected chi connectivity index (χ3v) is 5.26. The van der Waals surface area contributed by atoms with E-state index < -0.39 is 0 Å². The molecule has 0 spiro atoms. The lowest BCUT2D eigenvalue weighted by molar-refractivity contribution is -0.117. The van der Waals surface area contributed by atoms with E-state index in [4.69, 9.17) is 4.74 Å². The van der Waals surface area contributed by atoms with Gasteiger partial charge in [-0.15, -0.1) is 0 Å². The number of hydrogen-bond donors (Lipinski definition) is 1. The number of carbonyl (C=O) groups excluding carboxylic acids is 2. The first-order chi connectivity index (χ1) is 13.7. The number of nitrogens with one attached hydrogen (secondary N) is 1. The Morgan fingerprint density at radius 2 is 1.86 bits per heavy atom. The summed E-state index contributed by atoms with van der Waals surface area (Å²) < 4.78 is 5.41. The van der Waals surface area contributed by atoms with Gasteiger partial charge in [-0.05, 0) is 36.2 Å². The van der Waals surface area contributed by atoms with Crippen LogP contribution in [0.1, 0.15) is 28.8 Å². The highest BCUT2D eigenvalue weighted by atomic mass is 16.5. The average molecular weight is 379 g/mol. The Balaban J connectivity index is 1.49. The van der Waals surface area contributed by atoms with Crippen molar-refractivity contribution in [2.24, 2.45) is 0 Å². The van der Waals surface area contributed by atoms with Crippen LogP contribution in [-0.4, -0.2) is 49.6 Å². The molecule has 0 atom stereocenters. The van der Waals surface area contributed by atoms with E-state index >= 15 is 0 Å². The topological polar surface area (TPSA) is 61.9 Å². The number of benzene rings is 2. The summed E-state index contributed by atoms with van der Waals surface area (Å²) in [5.41, 5.74) is 3.25. The lowest BCUT2D eigenvalue weighted by Gasteiger charge is -2.27. The molecule has 6 nitrogen and oxygen atoms in total. The standard InChI is InChI=1S/C22H25N3O3/c26-21-9-4-10-25(21)19-7-3-6-17(15-19)22(27)23-20-8-2-1-5-18(20)16-24-11-13-28-14-12-24/h1-3,5-8,15H,4,9-14,16H2,(H,23,27). The fourth-order valence-corrected chi connectivity index (χ4v) is 3.71. The molecule has 0 radical (unpaired) electrons. The van der Waals surface area contributed by atoms with E-state index in [0.29, 0.717) is 18.5 Å². The van der Waals surface area contributed by atoms with Crippen LogP contribution in [0.15, 0.2) is 48.5 Å². The van der Waals surface area contributed by atoms with Crippen LogP contribution in [-0.2, 0) is 16.1 Å². The summed E-state index contributed by atoms with van der Waals surface area (Å²) in [6.07, 6.45) is 1.44. The molecule has 0 bridgehead atoms. The molecule has 2 aliphatic heterocycles. The fraction of sp³-hybridized carbons (Fsp3) is 0.364. The van der Waals surface area contributed by atoms with Gasteiger partial charge in [-0.2, -0.15) is 0 Å². The second-order valence-electron chi connectivity index (χ2n) is 7.20. The Bertz CT molecular complexity index is 862. The normalized spacial score (nSPS) is 17.7. The highest BCUT2D eigenvalue weighted by molar-refractivity contribution is 6.06. The quantitative estimate of drug-likeness (QED) is 0.868. The largest absolute Gasteiger partial charge is 0.379 e. The molecule has 0 saturated carbocycles. The van der Waals surface area contributed by atoms with Crippen molar-refractivity contribution in [3.63, 3.8) is 0 Å². The number of nitrogens with zero attached hydrogens (tertiary/aromatic N) is 2. The summed E-state index contributed by atoms with van der Waals surface area (Å²) in [5.74, 6) is -0.0451. The van der Waals surface area contributed by atoms with Crippen LogP contribution in [0.5, 0.6) is 0 Å². The van der Waals surface area contributed by atoms with Crippen molar-refractivity contribution in [2.75, 3.05) is 43.1 Å². The van der Waals surface area contributed by atoms with Crippen LogP contribution in [0.25, 0.3) is 0 Å². The summed E-state index contributed by atoms with van der Waals surface area (Å²) in [6.45, 7) is 4.78. The molecule has 28 heavy (non-hydrogen) atoms. The summed E-state index contributed by atoms with van der Waals surface area (Å²) in [4.78, 5) is 28.9. The Hall–Kier alpha value is -2.70. The average Bonchev–Trinajstić information content (AvgIpc) is 3.16. The third kappa shape index (κ3) is 4.24. The first kappa shape index (κ1) is 18.7. The number of rotatable bonds is 5. The van der Waals surface area contributed by atoms with Gasteiger partial charge < -0.3 is 15.0 Å². The maximum Gasteiger partial charge on any atom is 0.255 e. The third-order valence-electron chi connectivity index (χ3n) is 5.26. The van der Waals surface area contributed by atoms with E-state index in [9.17, 15) is 9.59 Å². The molecule has 2 aromatic carbocycles. The predicted molar refractivity (Wildman–Crippen MR) is 109 cm³/mol. The molecule has 2 heterocycles. The zero-order chi connectivity index (χ0) is 19.3. The van der Waals surface area contributed by atoms with Crippen molar-refractivity contribution >= 4 is 23.2 Å². The minimum Gasteiger partial charge on any atom is -0.379 e. The lowest BCUT2D eigenvalue weighted by Crippen LogP contribution is -2.35. The molecule has 146 valence electrons. The lowest BCUT2D eigenvalue weighted by atomic mass is 10.1. The highest BCUT2D eigenvalue weighted by Crippen LogP contribution is 2.24. The number of morpholine rings is 1. The maximum absolute atomic E-state index is 12.9. The maximum atomic E-state index is 12.9. The van der Waals surface area contributed by atoms with Crippen LogP contribution in [0, 0.1) is 0 Å². The zero-order valence-electron chi connectivity index (χ0n) is 15.9. The van der Waals surface area contributed by atoms with E-state index in [-0.39, 0.29) is 11.8 Å². The second kappa shape index (κ2) is 8.54. The van der Waals surface area contributed by atoms with Gasteiger partial charge in [0.2, 0.25) is 5.91 Å². The Morgan fingerprint density at radius 1 is 1.04 bits per heavy atom. The van der Waals surface area contributed by atoms with E-state index in [1.54, 1.807) is 17.0 Å². The molecule has 2 saturated heterocycles. The number of anilines is 2. The Kier molecular flexibility index (Phi) is 5.69. The van der Waals surface area contributed by atoms with Crippen molar-refractivity contribution in [3.05, 3.63) is 59.7 Å². The van der Waals surface area contributed by atoms with Crippen LogP contribution >= 0.6 is 0 Å². The molecule has 2 aromatic rings. The molecular weight excluding hydrogens is 354 g/mol. The number of ether oxygens (including phenoxy) is 1. The molecule has 0 aromatic heterocycles. The predicted octanol–water partition coefficient (Wildman–Crippen LogP) is 2.90. The molecule has 2 amide bonds. The van der Waals surface area contributed by atoms with Crippen molar-refractivity contribution < 1.29 is 14.3 Å². The zero-order valence-corrected chi connectivity index (χ0v) is 15.9. The van der Waals surface area contributed by atoms with Gasteiger partial charge in [0.05, 0.1) is 13.2 Å². The van der Waals surface area contributed by atoms with Gasteiger partial charge in [0.1, 0.15) is 0 Å². The monoisotopic (exact) mass is 379 g/mol. The Labute approximate surface area is 165 Å². The van der Waals surface area contributed by atoms with Crippen molar-refractivity contribution in [1.82, 2.24) is 4.90 Å². The van der Waals surface area contributed by atoms with Crippen LogP contribution in [0.4, 0.5) is 11.4 Å². The van der Waals surface area contributed by atoms with E-state index in [0.717, 1.165) is 56.2 Å². The fourth-order valence-electron chi connectivity index (χ4n) is 3.71. The van der Waals surface area contributed by atoms with E-state index in [2.05, 4.69) is 10.2 Å². The number of hydrogen-bond acceptors (Lipinski definition) is 4. The smallest absolute Gasteiger partial charge is 0.255 e. The number of carbonyl (C=O) groups is 2. The van der Waals surface area contributed by atoms with Crippen LogP contribution in [0.2, 0.25) is 0 Å². The van der Waals surface area contributed by atoms with Gasteiger partial charge in [0.15, 0.2) is 0 Å². The van der Waals surface area contributed by atoms with Gasteiger partial charge in [-0.1, -0.05) is 24.3 Å². The minimum absolute atomic E-state index is 0.119. The summed E-state index contributed by atoms with van der Waals surface area (Å²) in [7, 11) is 0. The summed E-state index contributed by atoms with van der Waals surface area (Å²) in [6, 6.07) is 15.2. The van der Waals surface area contributed by atoms with Crippen LogP contribution < -0.4 is 10.2 Å². The molecular formula is C22H25N3O3. The van der Waals surface area contributed by atoms with Crippen LogP contribution in [0.3, 0.4) is 0 Å². The molecule has 6 heteroatoms.